The number of nitrogens with zero attached hydrogens (tertiary/aromatic N) is 1. The van der Waals surface area contributed by atoms with Crippen molar-refractivity contribution in [1.29, 1.82) is 0 Å². The number of allylic oxidation sites excluding steroid dienone is 5. The molecule has 2 aliphatic rings. The van der Waals surface area contributed by atoms with Crippen LogP contribution in [0.5, 0.6) is 5.75 Å². The molecule has 0 aromatic heterocycles. The Morgan fingerprint density at radius 2 is 1.91 bits per heavy atom. The number of benzene rings is 2. The van der Waals surface area contributed by atoms with E-state index in [2.05, 4.69) is 19.9 Å². The van der Waals surface area contributed by atoms with Crippen molar-refractivity contribution in [3.8, 4) is 5.75 Å². The van der Waals surface area contributed by atoms with E-state index in [0.717, 1.165) is 11.1 Å². The molecular formula is C27H26ClNO5. The molecule has 7 heteroatoms. The molecule has 1 N–H and O–H groups in total. The van der Waals surface area contributed by atoms with Gasteiger partial charge in [0, 0.05) is 23.0 Å². The Bertz CT molecular complexity index is 1180. The molecule has 0 fully saturated rings. The van der Waals surface area contributed by atoms with Gasteiger partial charge in [-0.05, 0) is 34.8 Å². The summed E-state index contributed by atoms with van der Waals surface area (Å²) in [6.45, 7) is 4.23. The van der Waals surface area contributed by atoms with Crippen molar-refractivity contribution in [1.82, 2.24) is 4.90 Å². The number of amides is 1. The fourth-order valence-electron chi connectivity index (χ4n) is 4.40. The second-order valence-corrected chi connectivity index (χ2v) is 9.40. The average molecular weight is 480 g/mol. The molecule has 34 heavy (non-hydrogen) atoms. The largest absolute Gasteiger partial charge is 0.481 e. The van der Waals surface area contributed by atoms with Gasteiger partial charge in [-0.15, -0.1) is 0 Å². The van der Waals surface area contributed by atoms with Crippen molar-refractivity contribution < 1.29 is 24.2 Å². The first-order chi connectivity index (χ1) is 16.3. The van der Waals surface area contributed by atoms with Crippen LogP contribution >= 0.6 is 11.6 Å². The Morgan fingerprint density at radius 3 is 2.65 bits per heavy atom. The highest BCUT2D eigenvalue weighted by Crippen LogP contribution is 2.48. The van der Waals surface area contributed by atoms with E-state index in [9.17, 15) is 9.59 Å². The highest BCUT2D eigenvalue weighted by Gasteiger charge is 2.43. The van der Waals surface area contributed by atoms with Crippen LogP contribution in [0.15, 0.2) is 78.4 Å². The first-order valence-corrected chi connectivity index (χ1v) is 11.4. The minimum Gasteiger partial charge on any atom is -0.481 e. The van der Waals surface area contributed by atoms with E-state index < -0.39 is 18.7 Å². The summed E-state index contributed by atoms with van der Waals surface area (Å²) in [6.07, 6.45) is 7.51. The van der Waals surface area contributed by atoms with E-state index in [4.69, 9.17) is 26.2 Å². The quantitative estimate of drug-likeness (QED) is 0.555. The lowest BCUT2D eigenvalue weighted by Crippen LogP contribution is -2.46. The van der Waals surface area contributed by atoms with Crippen LogP contribution in [0.2, 0.25) is 5.02 Å². The van der Waals surface area contributed by atoms with Crippen molar-refractivity contribution in [3.05, 3.63) is 94.6 Å². The van der Waals surface area contributed by atoms with Gasteiger partial charge < -0.3 is 14.6 Å². The number of hydrogen-bond acceptors (Lipinski definition) is 4. The Morgan fingerprint density at radius 1 is 1.15 bits per heavy atom. The van der Waals surface area contributed by atoms with Crippen LogP contribution in [0.3, 0.4) is 0 Å². The third kappa shape index (κ3) is 5.02. The number of fused-ring (bicyclic) bond motifs is 1. The Labute approximate surface area is 203 Å². The Balaban J connectivity index is 1.79. The van der Waals surface area contributed by atoms with Gasteiger partial charge in [0.1, 0.15) is 12.4 Å². The van der Waals surface area contributed by atoms with Gasteiger partial charge >= 0.3 is 12.1 Å². The van der Waals surface area contributed by atoms with Crippen LogP contribution < -0.4 is 4.74 Å². The standard InChI is InChI=1S/C27H26ClNO5/c1-27(2)17-29(26(32)34-15-18-8-4-3-5-9-18)25(20-10-6-7-11-22(20)27)21-14-19(28)12-13-23(21)33-16-24(30)31/h3-14,22H,15-17H2,1-2H3,(H,30,31). The minimum atomic E-state index is -1.10. The van der Waals surface area contributed by atoms with Gasteiger partial charge in [-0.3, -0.25) is 4.90 Å². The van der Waals surface area contributed by atoms with E-state index in [1.807, 2.05) is 48.6 Å². The van der Waals surface area contributed by atoms with E-state index in [0.29, 0.717) is 28.6 Å². The summed E-state index contributed by atoms with van der Waals surface area (Å²) in [5.41, 5.74) is 2.67. The highest BCUT2D eigenvalue weighted by molar-refractivity contribution is 6.30. The van der Waals surface area contributed by atoms with Gasteiger partial charge in [0.25, 0.3) is 0 Å². The average Bonchev–Trinajstić information content (AvgIpc) is 2.82. The van der Waals surface area contributed by atoms with E-state index in [-0.39, 0.29) is 17.9 Å². The molecular weight excluding hydrogens is 454 g/mol. The maximum Gasteiger partial charge on any atom is 0.414 e. The summed E-state index contributed by atoms with van der Waals surface area (Å²) in [6, 6.07) is 14.4. The monoisotopic (exact) mass is 479 g/mol. The summed E-state index contributed by atoms with van der Waals surface area (Å²) >= 11 is 6.34. The summed E-state index contributed by atoms with van der Waals surface area (Å²) in [5, 5.41) is 9.58. The molecule has 0 radical (unpaired) electrons. The first kappa shape index (κ1) is 23.6. The fourth-order valence-corrected chi connectivity index (χ4v) is 4.57. The van der Waals surface area contributed by atoms with Crippen molar-refractivity contribution in [2.45, 2.75) is 20.5 Å². The zero-order chi connectivity index (χ0) is 24.3. The summed E-state index contributed by atoms with van der Waals surface area (Å²) in [4.78, 5) is 26.2. The highest BCUT2D eigenvalue weighted by atomic mass is 35.5. The van der Waals surface area contributed by atoms with Crippen LogP contribution in [0.1, 0.15) is 25.0 Å². The number of aliphatic carboxylic acids is 1. The lowest BCUT2D eigenvalue weighted by atomic mass is 9.69. The molecule has 1 aliphatic carbocycles. The maximum absolute atomic E-state index is 13.4. The second-order valence-electron chi connectivity index (χ2n) is 8.96. The number of halogens is 1. The predicted molar refractivity (Wildman–Crippen MR) is 130 cm³/mol. The molecule has 0 bridgehead atoms. The summed E-state index contributed by atoms with van der Waals surface area (Å²) in [7, 11) is 0. The molecule has 0 spiro atoms. The third-order valence-corrected chi connectivity index (χ3v) is 6.18. The van der Waals surface area contributed by atoms with Crippen molar-refractivity contribution >= 4 is 29.4 Å². The van der Waals surface area contributed by atoms with Crippen molar-refractivity contribution in [3.63, 3.8) is 0 Å². The zero-order valence-corrected chi connectivity index (χ0v) is 19.8. The van der Waals surface area contributed by atoms with Gasteiger partial charge in [-0.1, -0.05) is 80.1 Å². The predicted octanol–water partition coefficient (Wildman–Crippen LogP) is 5.94. The second kappa shape index (κ2) is 9.77. The molecule has 1 unspecified atom stereocenters. The Hall–Kier alpha value is -3.51. The van der Waals surface area contributed by atoms with Crippen molar-refractivity contribution in [2.75, 3.05) is 13.2 Å². The van der Waals surface area contributed by atoms with Gasteiger partial charge in [-0.25, -0.2) is 9.59 Å². The molecule has 1 heterocycles. The lowest BCUT2D eigenvalue weighted by Gasteiger charge is -2.45. The van der Waals surface area contributed by atoms with Gasteiger partial charge in [0.2, 0.25) is 0 Å². The van der Waals surface area contributed by atoms with Crippen LogP contribution in [0.4, 0.5) is 4.79 Å². The lowest BCUT2D eigenvalue weighted by molar-refractivity contribution is -0.139. The van der Waals surface area contributed by atoms with E-state index >= 15 is 0 Å². The van der Waals surface area contributed by atoms with E-state index in [1.165, 1.54) is 0 Å². The Kier molecular flexibility index (Phi) is 6.80. The third-order valence-electron chi connectivity index (χ3n) is 5.95. The number of carboxylic acid groups (broad SMARTS) is 1. The molecule has 176 valence electrons. The molecule has 2 aromatic carbocycles. The SMILES string of the molecule is CC1(C)CN(C(=O)OCc2ccccc2)C(c2cc(Cl)ccc2OCC(=O)O)=C2C=CC=CC21. The molecule has 0 saturated carbocycles. The van der Waals surface area contributed by atoms with Crippen molar-refractivity contribution in [2.24, 2.45) is 11.3 Å². The molecule has 1 amide bonds. The van der Waals surface area contributed by atoms with Crippen LogP contribution in [-0.4, -0.2) is 35.2 Å². The fraction of sp³-hybridized carbons (Fsp3) is 0.259. The normalized spacial score (nSPS) is 18.4. The molecule has 4 rings (SSSR count). The molecule has 2 aromatic rings. The summed E-state index contributed by atoms with van der Waals surface area (Å²) in [5.74, 6) is -0.727. The van der Waals surface area contributed by atoms with E-state index in [1.54, 1.807) is 23.1 Å². The number of carboxylic acids is 1. The van der Waals surface area contributed by atoms with Crippen LogP contribution in [0, 0.1) is 11.3 Å². The number of hydrogen-bond donors (Lipinski definition) is 1. The van der Waals surface area contributed by atoms with Crippen LogP contribution in [-0.2, 0) is 16.1 Å². The van der Waals surface area contributed by atoms with Gasteiger partial charge in [0.15, 0.2) is 6.61 Å². The number of ether oxygens (including phenoxy) is 2. The topological polar surface area (TPSA) is 76.1 Å². The molecule has 0 saturated heterocycles. The zero-order valence-electron chi connectivity index (χ0n) is 19.0. The minimum absolute atomic E-state index is 0.0389. The summed E-state index contributed by atoms with van der Waals surface area (Å²) < 4.78 is 11.3. The van der Waals surface area contributed by atoms with Gasteiger partial charge in [0.05, 0.1) is 5.70 Å². The molecule has 1 atom stereocenters. The molecule has 1 aliphatic heterocycles. The smallest absolute Gasteiger partial charge is 0.414 e. The molecule has 6 nitrogen and oxygen atoms in total. The number of rotatable bonds is 6. The number of carbonyl (C=O) groups excluding carboxylic acids is 1. The van der Waals surface area contributed by atoms with Crippen LogP contribution in [0.25, 0.3) is 5.70 Å². The number of carbonyl (C=O) groups is 2. The maximum atomic E-state index is 13.4. The van der Waals surface area contributed by atoms with Gasteiger partial charge in [-0.2, -0.15) is 0 Å². The first-order valence-electron chi connectivity index (χ1n) is 11.0.